The van der Waals surface area contributed by atoms with Gasteiger partial charge in [0.15, 0.2) is 0 Å². The molecule has 1 aromatic carbocycles. The molecule has 3 rings (SSSR count). The second-order valence-corrected chi connectivity index (χ2v) is 5.69. The average Bonchev–Trinajstić information content (AvgIpc) is 2.68. The summed E-state index contributed by atoms with van der Waals surface area (Å²) >= 11 is 3.53. The molecule has 1 aliphatic rings. The summed E-state index contributed by atoms with van der Waals surface area (Å²) < 4.78 is 3.02. The van der Waals surface area contributed by atoms with Crippen LogP contribution in [0.3, 0.4) is 0 Å². The van der Waals surface area contributed by atoms with E-state index in [1.54, 1.807) is 0 Å². The fourth-order valence-corrected chi connectivity index (χ4v) is 3.36. The third-order valence-corrected chi connectivity index (χ3v) is 4.24. The number of para-hydroxylation sites is 1. The molecule has 2 amide bonds. The van der Waals surface area contributed by atoms with Crippen LogP contribution < -0.4 is 5.32 Å². The second kappa shape index (κ2) is 4.49. The van der Waals surface area contributed by atoms with E-state index in [-0.39, 0.29) is 17.7 Å². The lowest BCUT2D eigenvalue weighted by Crippen LogP contribution is -2.39. The summed E-state index contributed by atoms with van der Waals surface area (Å²) in [7, 11) is 1.96. The van der Waals surface area contributed by atoms with Gasteiger partial charge in [-0.25, -0.2) is 0 Å². The molecule has 0 spiro atoms. The third kappa shape index (κ3) is 1.98. The van der Waals surface area contributed by atoms with E-state index in [1.165, 1.54) is 0 Å². The van der Waals surface area contributed by atoms with Crippen LogP contribution in [-0.2, 0) is 16.6 Å². The molecule has 1 atom stereocenters. The maximum atomic E-state index is 12.0. The van der Waals surface area contributed by atoms with E-state index in [0.717, 1.165) is 20.9 Å². The van der Waals surface area contributed by atoms with Crippen LogP contribution in [0, 0.1) is 0 Å². The Balaban J connectivity index is 2.13. The molecule has 1 N–H and O–H groups in total. The number of benzene rings is 1. The highest BCUT2D eigenvalue weighted by atomic mass is 79.9. The van der Waals surface area contributed by atoms with Crippen LogP contribution >= 0.6 is 15.9 Å². The van der Waals surface area contributed by atoms with Gasteiger partial charge in [-0.2, -0.15) is 0 Å². The van der Waals surface area contributed by atoms with Gasteiger partial charge < -0.3 is 4.57 Å². The Morgan fingerprint density at radius 2 is 2.16 bits per heavy atom. The van der Waals surface area contributed by atoms with Crippen molar-refractivity contribution in [3.8, 4) is 0 Å². The van der Waals surface area contributed by atoms with Gasteiger partial charge in [-0.05, 0) is 34.0 Å². The van der Waals surface area contributed by atoms with Crippen molar-refractivity contribution in [3.05, 3.63) is 34.4 Å². The number of aryl methyl sites for hydroxylation is 1. The van der Waals surface area contributed by atoms with Gasteiger partial charge >= 0.3 is 0 Å². The van der Waals surface area contributed by atoms with Crippen LogP contribution in [-0.4, -0.2) is 16.4 Å². The van der Waals surface area contributed by atoms with Gasteiger partial charge in [0.1, 0.15) is 0 Å². The van der Waals surface area contributed by atoms with Crippen molar-refractivity contribution < 1.29 is 9.59 Å². The summed E-state index contributed by atoms with van der Waals surface area (Å²) in [5.74, 6) is -0.609. The van der Waals surface area contributed by atoms with E-state index in [0.29, 0.717) is 12.8 Å². The molecular weight excluding hydrogens is 308 g/mol. The van der Waals surface area contributed by atoms with Crippen LogP contribution in [0.1, 0.15) is 24.3 Å². The Kier molecular flexibility index (Phi) is 2.93. The van der Waals surface area contributed by atoms with E-state index in [1.807, 2.05) is 36.0 Å². The van der Waals surface area contributed by atoms with Crippen molar-refractivity contribution in [1.82, 2.24) is 9.88 Å². The quantitative estimate of drug-likeness (QED) is 0.821. The lowest BCUT2D eigenvalue weighted by Gasteiger charge is -2.20. The predicted molar refractivity (Wildman–Crippen MR) is 75.7 cm³/mol. The fraction of sp³-hybridized carbons (Fsp3) is 0.286. The minimum Gasteiger partial charge on any atom is -0.349 e. The summed E-state index contributed by atoms with van der Waals surface area (Å²) in [6.45, 7) is 0. The summed E-state index contributed by atoms with van der Waals surface area (Å²) in [6.07, 6.45) is 2.96. The highest BCUT2D eigenvalue weighted by molar-refractivity contribution is 9.10. The molecule has 1 saturated heterocycles. The first-order chi connectivity index (χ1) is 9.08. The van der Waals surface area contributed by atoms with Crippen LogP contribution in [0.4, 0.5) is 0 Å². The van der Waals surface area contributed by atoms with E-state index in [2.05, 4.69) is 21.2 Å². The third-order valence-electron chi connectivity index (χ3n) is 3.60. The minimum atomic E-state index is -0.240. The largest absolute Gasteiger partial charge is 0.349 e. The normalized spacial score (nSPS) is 19.8. The Morgan fingerprint density at radius 1 is 1.37 bits per heavy atom. The van der Waals surface area contributed by atoms with Gasteiger partial charge in [-0.1, -0.05) is 12.1 Å². The van der Waals surface area contributed by atoms with Gasteiger partial charge in [0.25, 0.3) is 0 Å². The van der Waals surface area contributed by atoms with Gasteiger partial charge in [-0.15, -0.1) is 0 Å². The first-order valence-corrected chi connectivity index (χ1v) is 6.94. The number of amides is 2. The van der Waals surface area contributed by atoms with Crippen LogP contribution in [0.2, 0.25) is 0 Å². The monoisotopic (exact) mass is 320 g/mol. The minimum absolute atomic E-state index is 0.178. The molecule has 1 aliphatic heterocycles. The maximum Gasteiger partial charge on any atom is 0.234 e. The summed E-state index contributed by atoms with van der Waals surface area (Å²) in [5.41, 5.74) is 2.06. The van der Waals surface area contributed by atoms with Gasteiger partial charge in [0.05, 0.1) is 11.4 Å². The van der Waals surface area contributed by atoms with Crippen LogP contribution in [0.15, 0.2) is 28.9 Å². The molecule has 0 radical (unpaired) electrons. The van der Waals surface area contributed by atoms with Crippen LogP contribution in [0.5, 0.6) is 0 Å². The number of nitrogens with zero attached hydrogens (tertiary/aromatic N) is 1. The maximum absolute atomic E-state index is 12.0. The molecule has 0 aliphatic carbocycles. The number of fused-ring (bicyclic) bond motifs is 1. The van der Waals surface area contributed by atoms with Gasteiger partial charge in [0.2, 0.25) is 11.8 Å². The van der Waals surface area contributed by atoms with E-state index >= 15 is 0 Å². The number of rotatable bonds is 1. The Morgan fingerprint density at radius 3 is 2.89 bits per heavy atom. The first kappa shape index (κ1) is 12.4. The van der Waals surface area contributed by atoms with Crippen molar-refractivity contribution >= 4 is 38.6 Å². The molecule has 1 aromatic heterocycles. The highest BCUT2D eigenvalue weighted by Crippen LogP contribution is 2.34. The number of nitrogens with one attached hydrogen (secondary N) is 1. The first-order valence-electron chi connectivity index (χ1n) is 6.15. The van der Waals surface area contributed by atoms with Gasteiger partial charge in [0, 0.05) is 29.5 Å². The molecule has 98 valence electrons. The summed E-state index contributed by atoms with van der Waals surface area (Å²) in [4.78, 5) is 23.2. The predicted octanol–water partition coefficient (Wildman–Crippen LogP) is 2.46. The molecule has 2 aromatic rings. The standard InChI is InChI=1S/C14H13BrN2O2/c1-17-7-10(8-3-2-4-11(15)13(8)17)9-5-6-12(18)16-14(9)19/h2-4,7,9H,5-6H2,1H3,(H,16,18,19). The molecule has 19 heavy (non-hydrogen) atoms. The SMILES string of the molecule is Cn1cc(C2CCC(=O)NC2=O)c2cccc(Br)c21. The van der Waals surface area contributed by atoms with Crippen molar-refractivity contribution in [2.75, 3.05) is 0 Å². The Bertz CT molecular complexity index is 690. The van der Waals surface area contributed by atoms with Crippen molar-refractivity contribution in [1.29, 1.82) is 0 Å². The number of hydrogen-bond donors (Lipinski definition) is 1. The van der Waals surface area contributed by atoms with E-state index < -0.39 is 0 Å². The molecule has 0 bridgehead atoms. The lowest BCUT2D eigenvalue weighted by atomic mass is 9.90. The molecule has 1 unspecified atom stereocenters. The van der Waals surface area contributed by atoms with Crippen LogP contribution in [0.25, 0.3) is 10.9 Å². The molecule has 2 heterocycles. The Labute approximate surface area is 118 Å². The molecule has 1 fully saturated rings. The van der Waals surface area contributed by atoms with Crippen molar-refractivity contribution in [2.24, 2.45) is 7.05 Å². The zero-order chi connectivity index (χ0) is 13.6. The zero-order valence-electron chi connectivity index (χ0n) is 10.4. The molecule has 4 nitrogen and oxygen atoms in total. The number of carbonyl (C=O) groups is 2. The van der Waals surface area contributed by atoms with E-state index in [4.69, 9.17) is 0 Å². The van der Waals surface area contributed by atoms with Crippen molar-refractivity contribution in [3.63, 3.8) is 0 Å². The number of halogens is 1. The number of imide groups is 1. The molecule has 0 saturated carbocycles. The topological polar surface area (TPSA) is 51.1 Å². The lowest BCUT2D eigenvalue weighted by molar-refractivity contribution is -0.134. The number of carbonyl (C=O) groups excluding carboxylic acids is 2. The summed E-state index contributed by atoms with van der Waals surface area (Å²) in [5, 5.41) is 3.48. The number of aromatic nitrogens is 1. The van der Waals surface area contributed by atoms with Crippen molar-refractivity contribution in [2.45, 2.75) is 18.8 Å². The van der Waals surface area contributed by atoms with Gasteiger partial charge in [-0.3, -0.25) is 14.9 Å². The Hall–Kier alpha value is -1.62. The second-order valence-electron chi connectivity index (χ2n) is 4.84. The van der Waals surface area contributed by atoms with E-state index in [9.17, 15) is 9.59 Å². The average molecular weight is 321 g/mol. The fourth-order valence-electron chi connectivity index (χ4n) is 2.72. The smallest absolute Gasteiger partial charge is 0.234 e. The number of hydrogen-bond acceptors (Lipinski definition) is 2. The summed E-state index contributed by atoms with van der Waals surface area (Å²) in [6, 6.07) is 5.96. The number of piperidine rings is 1. The molecular formula is C14H13BrN2O2. The zero-order valence-corrected chi connectivity index (χ0v) is 12.0. The highest BCUT2D eigenvalue weighted by Gasteiger charge is 2.30. The molecule has 5 heteroatoms.